The van der Waals surface area contributed by atoms with E-state index in [9.17, 15) is 5.11 Å². The van der Waals surface area contributed by atoms with Crippen molar-refractivity contribution >= 4 is 33.3 Å². The second-order valence-corrected chi connectivity index (χ2v) is 4.23. The van der Waals surface area contributed by atoms with E-state index in [1.54, 1.807) is 13.1 Å². The van der Waals surface area contributed by atoms with Crippen molar-refractivity contribution in [3.8, 4) is 0 Å². The largest absolute Gasteiger partial charge is 0.392 e. The average Bonchev–Trinajstić information content (AvgIpc) is 2.08. The van der Waals surface area contributed by atoms with Gasteiger partial charge in [-0.2, -0.15) is 4.98 Å². The third-order valence-corrected chi connectivity index (χ3v) is 2.34. The van der Waals surface area contributed by atoms with Gasteiger partial charge in [-0.3, -0.25) is 0 Å². The number of likely N-dealkylation sites (N-methyl/N-ethyl adjacent to an activating group) is 1. The number of aliphatic hydroxyl groups excluding tert-OH is 1. The first-order valence-corrected chi connectivity index (χ1v) is 5.25. The summed E-state index contributed by atoms with van der Waals surface area (Å²) in [5.74, 6) is 0.672. The normalized spacial score (nSPS) is 12.6. The van der Waals surface area contributed by atoms with Crippen LogP contribution >= 0.6 is 27.5 Å². The Balaban J connectivity index is 2.88. The van der Waals surface area contributed by atoms with E-state index in [4.69, 9.17) is 11.6 Å². The summed E-state index contributed by atoms with van der Waals surface area (Å²) in [5.41, 5.74) is 0. The van der Waals surface area contributed by atoms with Crippen molar-refractivity contribution in [1.29, 1.82) is 0 Å². The van der Waals surface area contributed by atoms with Crippen molar-refractivity contribution in [2.24, 2.45) is 0 Å². The number of aromatic nitrogens is 2. The molecule has 0 aliphatic carbocycles. The van der Waals surface area contributed by atoms with Gasteiger partial charge in [-0.15, -0.1) is 0 Å². The van der Waals surface area contributed by atoms with Crippen LogP contribution in [0.25, 0.3) is 0 Å². The van der Waals surface area contributed by atoms with Gasteiger partial charge in [0.1, 0.15) is 5.82 Å². The van der Waals surface area contributed by atoms with Crippen LogP contribution in [0.2, 0.25) is 5.28 Å². The zero-order valence-electron chi connectivity index (χ0n) is 7.91. The lowest BCUT2D eigenvalue weighted by atomic mass is 10.4. The van der Waals surface area contributed by atoms with Crippen molar-refractivity contribution in [2.45, 2.75) is 13.0 Å². The smallest absolute Gasteiger partial charge is 0.224 e. The first kappa shape index (κ1) is 11.7. The maximum atomic E-state index is 9.21. The molecule has 1 aromatic heterocycles. The maximum Gasteiger partial charge on any atom is 0.224 e. The molecule has 1 N–H and O–H groups in total. The molecule has 1 atom stereocenters. The molecule has 0 spiro atoms. The van der Waals surface area contributed by atoms with Crippen LogP contribution in [0.4, 0.5) is 5.82 Å². The summed E-state index contributed by atoms with van der Waals surface area (Å²) in [6.45, 7) is 2.21. The van der Waals surface area contributed by atoms with Gasteiger partial charge in [0.2, 0.25) is 5.28 Å². The Bertz CT molecular complexity index is 321. The minimum atomic E-state index is -0.416. The highest BCUT2D eigenvalue weighted by atomic mass is 79.9. The number of aliphatic hydroxyl groups is 1. The quantitative estimate of drug-likeness (QED) is 0.857. The van der Waals surface area contributed by atoms with Crippen molar-refractivity contribution in [3.05, 3.63) is 16.0 Å². The van der Waals surface area contributed by atoms with Crippen LogP contribution in [-0.4, -0.2) is 34.8 Å². The summed E-state index contributed by atoms with van der Waals surface area (Å²) in [4.78, 5) is 9.67. The Morgan fingerprint density at radius 1 is 1.71 bits per heavy atom. The van der Waals surface area contributed by atoms with Crippen molar-refractivity contribution in [1.82, 2.24) is 9.97 Å². The molecule has 1 heterocycles. The minimum absolute atomic E-state index is 0.195. The first-order chi connectivity index (χ1) is 6.50. The molecule has 0 aromatic carbocycles. The molecule has 0 radical (unpaired) electrons. The highest BCUT2D eigenvalue weighted by Crippen LogP contribution is 2.23. The Hall–Kier alpha value is -0.390. The van der Waals surface area contributed by atoms with Crippen molar-refractivity contribution in [2.75, 3.05) is 18.5 Å². The maximum absolute atomic E-state index is 9.21. The van der Waals surface area contributed by atoms with E-state index in [0.717, 1.165) is 4.47 Å². The van der Waals surface area contributed by atoms with Gasteiger partial charge in [0, 0.05) is 19.8 Å². The molecule has 0 bridgehead atoms. The fraction of sp³-hybridized carbons (Fsp3) is 0.500. The average molecular weight is 281 g/mol. The number of rotatable bonds is 3. The van der Waals surface area contributed by atoms with E-state index in [2.05, 4.69) is 25.9 Å². The number of hydrogen-bond acceptors (Lipinski definition) is 4. The van der Waals surface area contributed by atoms with E-state index in [-0.39, 0.29) is 5.28 Å². The molecular formula is C8H11BrClN3O. The fourth-order valence-electron chi connectivity index (χ4n) is 1.09. The van der Waals surface area contributed by atoms with Crippen molar-refractivity contribution < 1.29 is 5.11 Å². The number of nitrogens with zero attached hydrogens (tertiary/aromatic N) is 3. The molecule has 0 amide bonds. The van der Waals surface area contributed by atoms with Gasteiger partial charge in [0.25, 0.3) is 0 Å². The molecule has 1 aromatic rings. The lowest BCUT2D eigenvalue weighted by Crippen LogP contribution is -2.28. The van der Waals surface area contributed by atoms with Gasteiger partial charge in [-0.1, -0.05) is 0 Å². The van der Waals surface area contributed by atoms with Gasteiger partial charge < -0.3 is 10.0 Å². The van der Waals surface area contributed by atoms with Crippen molar-refractivity contribution in [3.63, 3.8) is 0 Å². The fourth-order valence-corrected chi connectivity index (χ4v) is 1.71. The SMILES string of the molecule is CC(O)CN(C)c1nc(Cl)ncc1Br. The molecule has 0 saturated carbocycles. The van der Waals surface area contributed by atoms with E-state index < -0.39 is 6.10 Å². The van der Waals surface area contributed by atoms with Crippen LogP contribution in [0.1, 0.15) is 6.92 Å². The lowest BCUT2D eigenvalue weighted by molar-refractivity contribution is 0.201. The molecule has 1 unspecified atom stereocenters. The summed E-state index contributed by atoms with van der Waals surface area (Å²) in [5, 5.41) is 9.41. The summed E-state index contributed by atoms with van der Waals surface area (Å²) >= 11 is 8.98. The van der Waals surface area contributed by atoms with Crippen LogP contribution in [-0.2, 0) is 0 Å². The van der Waals surface area contributed by atoms with Crippen LogP contribution in [0.5, 0.6) is 0 Å². The van der Waals surface area contributed by atoms with Gasteiger partial charge in [0.15, 0.2) is 0 Å². The van der Waals surface area contributed by atoms with E-state index in [1.165, 1.54) is 0 Å². The topological polar surface area (TPSA) is 49.2 Å². The molecule has 0 aliphatic heterocycles. The Kier molecular flexibility index (Phi) is 4.10. The molecule has 6 heteroatoms. The summed E-state index contributed by atoms with van der Waals surface area (Å²) in [7, 11) is 1.83. The number of anilines is 1. The molecule has 0 saturated heterocycles. The molecule has 14 heavy (non-hydrogen) atoms. The Morgan fingerprint density at radius 2 is 2.36 bits per heavy atom. The standard InChI is InChI=1S/C8H11BrClN3O/c1-5(14)4-13(2)7-6(9)3-11-8(10)12-7/h3,5,14H,4H2,1-2H3. The first-order valence-electron chi connectivity index (χ1n) is 4.08. The van der Waals surface area contributed by atoms with Gasteiger partial charge in [0.05, 0.1) is 10.6 Å². The van der Waals surface area contributed by atoms with E-state index >= 15 is 0 Å². The molecule has 4 nitrogen and oxygen atoms in total. The van der Waals surface area contributed by atoms with Crippen LogP contribution in [0.3, 0.4) is 0 Å². The highest BCUT2D eigenvalue weighted by Gasteiger charge is 2.10. The zero-order valence-corrected chi connectivity index (χ0v) is 10.2. The summed E-state index contributed by atoms with van der Waals surface area (Å²) < 4.78 is 0.755. The zero-order chi connectivity index (χ0) is 10.7. The molecule has 1 rings (SSSR count). The van der Waals surface area contributed by atoms with Gasteiger partial charge >= 0.3 is 0 Å². The molecule has 78 valence electrons. The third kappa shape index (κ3) is 3.08. The lowest BCUT2D eigenvalue weighted by Gasteiger charge is -2.20. The monoisotopic (exact) mass is 279 g/mol. The summed E-state index contributed by atoms with van der Waals surface area (Å²) in [6, 6.07) is 0. The third-order valence-electron chi connectivity index (χ3n) is 1.60. The number of halogens is 2. The molecule has 0 aliphatic rings. The predicted molar refractivity (Wildman–Crippen MR) is 59.7 cm³/mol. The molecular weight excluding hydrogens is 269 g/mol. The van der Waals surface area contributed by atoms with Crippen LogP contribution < -0.4 is 4.90 Å². The highest BCUT2D eigenvalue weighted by molar-refractivity contribution is 9.10. The second kappa shape index (κ2) is 4.91. The van der Waals surface area contributed by atoms with E-state index in [1.807, 2.05) is 11.9 Å². The van der Waals surface area contributed by atoms with Crippen LogP contribution in [0, 0.1) is 0 Å². The molecule has 0 fully saturated rings. The number of hydrogen-bond donors (Lipinski definition) is 1. The summed E-state index contributed by atoms with van der Waals surface area (Å²) in [6.07, 6.45) is 1.17. The second-order valence-electron chi connectivity index (χ2n) is 3.04. The van der Waals surface area contributed by atoms with E-state index in [0.29, 0.717) is 12.4 Å². The minimum Gasteiger partial charge on any atom is -0.392 e. The predicted octanol–water partition coefficient (Wildman–Crippen LogP) is 1.71. The van der Waals surface area contributed by atoms with Crippen LogP contribution in [0.15, 0.2) is 10.7 Å². The Labute approximate surface area is 96.1 Å². The Morgan fingerprint density at radius 3 is 2.93 bits per heavy atom. The van der Waals surface area contributed by atoms with Gasteiger partial charge in [-0.05, 0) is 34.5 Å². The van der Waals surface area contributed by atoms with Gasteiger partial charge in [-0.25, -0.2) is 4.98 Å².